The molecule has 2 N–H and O–H groups in total. The fraction of sp³-hybridized carbons (Fsp3) is 0.400. The topological polar surface area (TPSA) is 62.5 Å². The lowest BCUT2D eigenvalue weighted by Gasteiger charge is -2.35. The third-order valence-electron chi connectivity index (χ3n) is 4.93. The second kappa shape index (κ2) is 8.01. The molecule has 0 bridgehead atoms. The van der Waals surface area contributed by atoms with E-state index in [9.17, 15) is 4.79 Å². The zero-order valence-corrected chi connectivity index (χ0v) is 14.8. The van der Waals surface area contributed by atoms with Crippen LogP contribution in [0.2, 0.25) is 0 Å². The Hall–Kier alpha value is -2.56. The van der Waals surface area contributed by atoms with Gasteiger partial charge in [0.25, 0.3) is 5.91 Å². The van der Waals surface area contributed by atoms with Crippen molar-refractivity contribution in [1.82, 2.24) is 9.88 Å². The van der Waals surface area contributed by atoms with Crippen molar-refractivity contribution in [3.05, 3.63) is 54.2 Å². The minimum absolute atomic E-state index is 0.0350. The van der Waals surface area contributed by atoms with Crippen molar-refractivity contribution < 1.29 is 4.79 Å². The monoisotopic (exact) mass is 338 g/mol. The van der Waals surface area contributed by atoms with Crippen molar-refractivity contribution >= 4 is 17.4 Å². The van der Waals surface area contributed by atoms with Crippen LogP contribution in [-0.4, -0.2) is 42.0 Å². The van der Waals surface area contributed by atoms with Crippen LogP contribution in [0.3, 0.4) is 0 Å². The Bertz CT molecular complexity index is 696. The zero-order chi connectivity index (χ0) is 17.6. The number of rotatable bonds is 5. The van der Waals surface area contributed by atoms with E-state index in [-0.39, 0.29) is 5.91 Å². The first-order chi connectivity index (χ1) is 12.2. The largest absolute Gasteiger partial charge is 0.398 e. The number of amides is 1. The molecule has 5 heteroatoms. The highest BCUT2D eigenvalue weighted by Crippen LogP contribution is 2.23. The van der Waals surface area contributed by atoms with Crippen LogP contribution in [0.1, 0.15) is 30.1 Å². The van der Waals surface area contributed by atoms with E-state index in [1.54, 1.807) is 6.07 Å². The number of aromatic nitrogens is 1. The molecule has 0 spiro atoms. The van der Waals surface area contributed by atoms with Crippen molar-refractivity contribution in [2.24, 2.45) is 5.92 Å². The molecule has 0 radical (unpaired) electrons. The van der Waals surface area contributed by atoms with Crippen molar-refractivity contribution in [3.63, 3.8) is 0 Å². The molecule has 25 heavy (non-hydrogen) atoms. The first kappa shape index (κ1) is 17.3. The number of hydrogen-bond donors (Lipinski definition) is 1. The summed E-state index contributed by atoms with van der Waals surface area (Å²) in [6.07, 6.45) is 3.98. The minimum Gasteiger partial charge on any atom is -0.398 e. The van der Waals surface area contributed by atoms with Crippen LogP contribution in [0, 0.1) is 5.92 Å². The van der Waals surface area contributed by atoms with Gasteiger partial charge in [0.05, 0.1) is 5.56 Å². The summed E-state index contributed by atoms with van der Waals surface area (Å²) in [7, 11) is 0. The lowest BCUT2D eigenvalue weighted by molar-refractivity contribution is 0.0730. The molecule has 2 aromatic rings. The number of hydrogen-bond acceptors (Lipinski definition) is 4. The van der Waals surface area contributed by atoms with Crippen molar-refractivity contribution in [1.29, 1.82) is 0 Å². The molecular weight excluding hydrogens is 312 g/mol. The number of para-hydroxylation sites is 1. The summed E-state index contributed by atoms with van der Waals surface area (Å²) in [5, 5.41) is 0. The second-order valence-electron chi connectivity index (χ2n) is 6.55. The quantitative estimate of drug-likeness (QED) is 0.851. The lowest BCUT2D eigenvalue weighted by atomic mass is 9.95. The standard InChI is InChI=1S/C20H26N4O/c1-2-23(20(25)17-7-3-4-8-18(17)21)15-16-10-13-24(14-11-16)19-9-5-6-12-22-19/h3-9,12,16H,2,10-11,13-15,21H2,1H3. The van der Waals surface area contributed by atoms with Crippen molar-refractivity contribution in [2.75, 3.05) is 36.8 Å². The fourth-order valence-electron chi connectivity index (χ4n) is 3.41. The highest BCUT2D eigenvalue weighted by atomic mass is 16.2. The number of benzene rings is 1. The summed E-state index contributed by atoms with van der Waals surface area (Å²) < 4.78 is 0. The van der Waals surface area contributed by atoms with Crippen molar-refractivity contribution in [2.45, 2.75) is 19.8 Å². The molecule has 0 saturated carbocycles. The molecule has 1 saturated heterocycles. The van der Waals surface area contributed by atoms with Crippen LogP contribution < -0.4 is 10.6 Å². The van der Waals surface area contributed by atoms with Crippen LogP contribution in [0.4, 0.5) is 11.5 Å². The normalized spacial score (nSPS) is 15.2. The fourth-order valence-corrected chi connectivity index (χ4v) is 3.41. The zero-order valence-electron chi connectivity index (χ0n) is 14.8. The Labute approximate surface area is 149 Å². The Morgan fingerprint density at radius 2 is 1.92 bits per heavy atom. The number of pyridine rings is 1. The number of carbonyl (C=O) groups excluding carboxylic acids is 1. The van der Waals surface area contributed by atoms with Gasteiger partial charge in [0.1, 0.15) is 5.82 Å². The molecule has 1 amide bonds. The molecule has 3 rings (SSSR count). The van der Waals surface area contributed by atoms with E-state index in [2.05, 4.69) is 16.0 Å². The first-order valence-electron chi connectivity index (χ1n) is 8.98. The van der Waals surface area contributed by atoms with Gasteiger partial charge >= 0.3 is 0 Å². The van der Waals surface area contributed by atoms with E-state index in [0.717, 1.165) is 38.3 Å². The average Bonchev–Trinajstić information content (AvgIpc) is 2.67. The van der Waals surface area contributed by atoms with Crippen molar-refractivity contribution in [3.8, 4) is 0 Å². The molecule has 1 aromatic carbocycles. The number of nitrogens with two attached hydrogens (primary N) is 1. The number of nitrogens with zero attached hydrogens (tertiary/aromatic N) is 3. The van der Waals surface area contributed by atoms with Crippen LogP contribution >= 0.6 is 0 Å². The van der Waals surface area contributed by atoms with Gasteiger partial charge in [0.15, 0.2) is 0 Å². The van der Waals surface area contributed by atoms with Gasteiger partial charge in [-0.1, -0.05) is 18.2 Å². The van der Waals surface area contributed by atoms with E-state index in [1.165, 1.54) is 0 Å². The van der Waals surface area contributed by atoms with Crippen LogP contribution in [-0.2, 0) is 0 Å². The SMILES string of the molecule is CCN(CC1CCN(c2ccccn2)CC1)C(=O)c1ccccc1N. The highest BCUT2D eigenvalue weighted by molar-refractivity contribution is 5.99. The van der Waals surface area contributed by atoms with Gasteiger partial charge in [-0.05, 0) is 49.9 Å². The van der Waals surface area contributed by atoms with Gasteiger partial charge < -0.3 is 15.5 Å². The van der Waals surface area contributed by atoms with Gasteiger partial charge in [-0.3, -0.25) is 4.79 Å². The molecule has 0 aliphatic carbocycles. The Morgan fingerprint density at radius 1 is 1.20 bits per heavy atom. The maximum atomic E-state index is 12.8. The summed E-state index contributed by atoms with van der Waals surface area (Å²) >= 11 is 0. The number of carbonyl (C=O) groups is 1. The summed E-state index contributed by atoms with van der Waals surface area (Å²) in [6, 6.07) is 13.3. The Morgan fingerprint density at radius 3 is 2.56 bits per heavy atom. The number of nitrogen functional groups attached to an aromatic ring is 1. The predicted octanol–water partition coefficient (Wildman–Crippen LogP) is 3.04. The predicted molar refractivity (Wildman–Crippen MR) is 102 cm³/mol. The first-order valence-corrected chi connectivity index (χ1v) is 8.98. The maximum Gasteiger partial charge on any atom is 0.255 e. The number of piperidine rings is 1. The minimum atomic E-state index is 0.0350. The summed E-state index contributed by atoms with van der Waals surface area (Å²) in [6.45, 7) is 5.50. The average molecular weight is 338 g/mol. The molecule has 0 atom stereocenters. The molecule has 1 aromatic heterocycles. The van der Waals surface area contributed by atoms with E-state index in [1.807, 2.05) is 48.4 Å². The molecule has 0 unspecified atom stereocenters. The second-order valence-corrected chi connectivity index (χ2v) is 6.55. The van der Waals surface area contributed by atoms with E-state index in [0.29, 0.717) is 23.7 Å². The summed E-state index contributed by atoms with van der Waals surface area (Å²) in [4.78, 5) is 21.5. The molecule has 1 aliphatic heterocycles. The van der Waals surface area contributed by atoms with Crippen LogP contribution in [0.15, 0.2) is 48.7 Å². The maximum absolute atomic E-state index is 12.8. The lowest BCUT2D eigenvalue weighted by Crippen LogP contribution is -2.41. The van der Waals surface area contributed by atoms with Gasteiger partial charge in [0, 0.05) is 38.1 Å². The molecule has 132 valence electrons. The summed E-state index contributed by atoms with van der Waals surface area (Å²) in [5.41, 5.74) is 7.13. The summed E-state index contributed by atoms with van der Waals surface area (Å²) in [5.74, 6) is 1.60. The van der Waals surface area contributed by atoms with Gasteiger partial charge in [-0.25, -0.2) is 4.98 Å². The van der Waals surface area contributed by atoms with Gasteiger partial charge in [-0.15, -0.1) is 0 Å². The third kappa shape index (κ3) is 4.10. The van der Waals surface area contributed by atoms with Gasteiger partial charge in [0.2, 0.25) is 0 Å². The Kier molecular flexibility index (Phi) is 5.53. The Balaban J connectivity index is 1.58. The van der Waals surface area contributed by atoms with Gasteiger partial charge in [-0.2, -0.15) is 0 Å². The molecule has 1 aliphatic rings. The molecular formula is C20H26N4O. The van der Waals surface area contributed by atoms with E-state index in [4.69, 9.17) is 5.73 Å². The van der Waals surface area contributed by atoms with E-state index >= 15 is 0 Å². The smallest absolute Gasteiger partial charge is 0.255 e. The highest BCUT2D eigenvalue weighted by Gasteiger charge is 2.24. The molecule has 1 fully saturated rings. The molecule has 5 nitrogen and oxygen atoms in total. The van der Waals surface area contributed by atoms with E-state index < -0.39 is 0 Å². The third-order valence-corrected chi connectivity index (χ3v) is 4.93. The number of anilines is 2. The van der Waals surface area contributed by atoms with Crippen LogP contribution in [0.25, 0.3) is 0 Å². The molecule has 2 heterocycles. The van der Waals surface area contributed by atoms with Crippen LogP contribution in [0.5, 0.6) is 0 Å².